The van der Waals surface area contributed by atoms with Gasteiger partial charge in [-0.1, -0.05) is 49.4 Å². The molecular weight excluding hydrogens is 376 g/mol. The fourth-order valence-electron chi connectivity index (χ4n) is 2.96. The van der Waals surface area contributed by atoms with E-state index in [4.69, 9.17) is 0 Å². The molecule has 0 bridgehead atoms. The summed E-state index contributed by atoms with van der Waals surface area (Å²) >= 11 is 0. The summed E-state index contributed by atoms with van der Waals surface area (Å²) in [5, 5.41) is 2.68. The Hall–Kier alpha value is -2.71. The lowest BCUT2D eigenvalue weighted by molar-refractivity contribution is -0.121. The molecule has 3 aromatic rings. The molecule has 3 rings (SSSR count). The van der Waals surface area contributed by atoms with E-state index in [0.29, 0.717) is 6.42 Å². The van der Waals surface area contributed by atoms with Crippen molar-refractivity contribution in [3.63, 3.8) is 0 Å². The number of amides is 1. The topological polar surface area (TPSA) is 93.1 Å². The van der Waals surface area contributed by atoms with Crippen LogP contribution in [0.1, 0.15) is 18.3 Å². The van der Waals surface area contributed by atoms with E-state index in [-0.39, 0.29) is 31.3 Å². The number of aromatic nitrogens is 2. The van der Waals surface area contributed by atoms with Crippen molar-refractivity contribution in [3.8, 4) is 0 Å². The second kappa shape index (κ2) is 8.99. The van der Waals surface area contributed by atoms with Gasteiger partial charge in [0.15, 0.2) is 0 Å². The van der Waals surface area contributed by atoms with E-state index >= 15 is 0 Å². The molecule has 0 fully saturated rings. The van der Waals surface area contributed by atoms with E-state index in [9.17, 15) is 13.2 Å². The first-order chi connectivity index (χ1) is 13.5. The van der Waals surface area contributed by atoms with Crippen molar-refractivity contribution >= 4 is 27.0 Å². The molecule has 148 valence electrons. The molecule has 8 heteroatoms. The summed E-state index contributed by atoms with van der Waals surface area (Å²) in [5.41, 5.74) is 2.63. The third kappa shape index (κ3) is 5.17. The summed E-state index contributed by atoms with van der Waals surface area (Å²) in [7, 11) is -3.47. The molecule has 0 spiro atoms. The molecule has 0 aliphatic carbocycles. The molecule has 0 unspecified atom stereocenters. The van der Waals surface area contributed by atoms with Gasteiger partial charge in [0.2, 0.25) is 15.9 Å². The van der Waals surface area contributed by atoms with Crippen LogP contribution in [0.5, 0.6) is 0 Å². The van der Waals surface area contributed by atoms with Gasteiger partial charge in [-0.25, -0.2) is 18.1 Å². The molecule has 0 atom stereocenters. The number of aryl methyl sites for hydroxylation is 1. The molecule has 1 aromatic heterocycles. The molecule has 2 aromatic carbocycles. The second-order valence-corrected chi connectivity index (χ2v) is 8.36. The van der Waals surface area contributed by atoms with Gasteiger partial charge in [-0.05, 0) is 17.7 Å². The monoisotopic (exact) mass is 400 g/mol. The van der Waals surface area contributed by atoms with Crippen LogP contribution in [-0.2, 0) is 34.3 Å². The zero-order valence-corrected chi connectivity index (χ0v) is 16.6. The van der Waals surface area contributed by atoms with Crippen LogP contribution in [0.4, 0.5) is 0 Å². The van der Waals surface area contributed by atoms with Crippen molar-refractivity contribution in [2.45, 2.75) is 26.4 Å². The van der Waals surface area contributed by atoms with Crippen molar-refractivity contribution in [2.75, 3.05) is 12.3 Å². The fraction of sp³-hybridized carbons (Fsp3) is 0.300. The highest BCUT2D eigenvalue weighted by Gasteiger charge is 2.14. The van der Waals surface area contributed by atoms with E-state index in [1.54, 1.807) is 0 Å². The zero-order chi connectivity index (χ0) is 20.0. The Morgan fingerprint density at radius 1 is 1.07 bits per heavy atom. The lowest BCUT2D eigenvalue weighted by Crippen LogP contribution is -2.35. The molecule has 1 heterocycles. The minimum atomic E-state index is -3.47. The van der Waals surface area contributed by atoms with Gasteiger partial charge in [0, 0.05) is 19.5 Å². The smallest absolute Gasteiger partial charge is 0.240 e. The van der Waals surface area contributed by atoms with Crippen LogP contribution >= 0.6 is 0 Å². The summed E-state index contributed by atoms with van der Waals surface area (Å²) in [6, 6.07) is 16.9. The molecule has 1 amide bonds. The Balaban J connectivity index is 1.52. The quantitative estimate of drug-likeness (QED) is 0.573. The predicted molar refractivity (Wildman–Crippen MR) is 109 cm³/mol. The number of sulfonamides is 1. The Labute approximate surface area is 164 Å². The van der Waals surface area contributed by atoms with Crippen molar-refractivity contribution in [2.24, 2.45) is 0 Å². The Bertz CT molecular complexity index is 1050. The standard InChI is InChI=1S/C20H24N4O3S/c1-2-19-23-17-10-6-7-11-18(17)24(19)15-20(25)21-12-13-28(26,27)22-14-16-8-4-3-5-9-16/h3-11,22H,2,12-15H2,1H3,(H,21,25). The predicted octanol–water partition coefficient (Wildman–Crippen LogP) is 1.83. The van der Waals surface area contributed by atoms with E-state index in [1.807, 2.05) is 66.1 Å². The molecule has 7 nitrogen and oxygen atoms in total. The first-order valence-corrected chi connectivity index (χ1v) is 10.9. The number of hydrogen-bond donors (Lipinski definition) is 2. The SMILES string of the molecule is CCc1nc2ccccc2n1CC(=O)NCCS(=O)(=O)NCc1ccccc1. The van der Waals surface area contributed by atoms with E-state index in [2.05, 4.69) is 15.0 Å². The molecule has 0 aliphatic rings. The number of para-hydroxylation sites is 2. The lowest BCUT2D eigenvalue weighted by Gasteiger charge is -2.10. The van der Waals surface area contributed by atoms with Crippen molar-refractivity contribution in [3.05, 3.63) is 66.0 Å². The van der Waals surface area contributed by atoms with E-state index in [0.717, 1.165) is 22.4 Å². The largest absolute Gasteiger partial charge is 0.353 e. The lowest BCUT2D eigenvalue weighted by atomic mass is 10.2. The number of imidazole rings is 1. The van der Waals surface area contributed by atoms with Gasteiger partial charge in [0.05, 0.1) is 16.8 Å². The highest BCUT2D eigenvalue weighted by Crippen LogP contribution is 2.16. The molecule has 28 heavy (non-hydrogen) atoms. The van der Waals surface area contributed by atoms with Gasteiger partial charge in [0.25, 0.3) is 0 Å². The summed E-state index contributed by atoms with van der Waals surface area (Å²) in [5.74, 6) is 0.418. The molecule has 0 saturated carbocycles. The highest BCUT2D eigenvalue weighted by atomic mass is 32.2. The Kier molecular flexibility index (Phi) is 6.43. The Morgan fingerprint density at radius 2 is 1.79 bits per heavy atom. The average Bonchev–Trinajstić information content (AvgIpc) is 3.05. The molecule has 0 radical (unpaired) electrons. The number of nitrogens with zero attached hydrogens (tertiary/aromatic N) is 2. The maximum atomic E-state index is 12.3. The van der Waals surface area contributed by atoms with Crippen LogP contribution < -0.4 is 10.0 Å². The fourth-order valence-corrected chi connectivity index (χ4v) is 3.86. The number of nitrogens with one attached hydrogen (secondary N) is 2. The first kappa shape index (κ1) is 20.0. The van der Waals surface area contributed by atoms with Gasteiger partial charge < -0.3 is 9.88 Å². The molecular formula is C20H24N4O3S. The van der Waals surface area contributed by atoms with Crippen molar-refractivity contribution in [1.82, 2.24) is 19.6 Å². The maximum Gasteiger partial charge on any atom is 0.240 e. The van der Waals surface area contributed by atoms with E-state index < -0.39 is 10.0 Å². The summed E-state index contributed by atoms with van der Waals surface area (Å²) < 4.78 is 28.6. The summed E-state index contributed by atoms with van der Waals surface area (Å²) in [6.45, 7) is 2.39. The third-order valence-corrected chi connectivity index (χ3v) is 5.71. The highest BCUT2D eigenvalue weighted by molar-refractivity contribution is 7.89. The third-order valence-electron chi connectivity index (χ3n) is 4.38. The molecule has 0 aliphatic heterocycles. The molecule has 0 saturated heterocycles. The zero-order valence-electron chi connectivity index (χ0n) is 15.8. The van der Waals surface area contributed by atoms with E-state index in [1.165, 1.54) is 0 Å². The number of carbonyl (C=O) groups excluding carboxylic acids is 1. The van der Waals surface area contributed by atoms with Gasteiger partial charge in [-0.3, -0.25) is 4.79 Å². The van der Waals surface area contributed by atoms with Crippen LogP contribution in [0.15, 0.2) is 54.6 Å². The van der Waals surface area contributed by atoms with Crippen molar-refractivity contribution < 1.29 is 13.2 Å². The van der Waals surface area contributed by atoms with Crippen molar-refractivity contribution in [1.29, 1.82) is 0 Å². The number of fused-ring (bicyclic) bond motifs is 1. The van der Waals surface area contributed by atoms with Gasteiger partial charge in [-0.15, -0.1) is 0 Å². The maximum absolute atomic E-state index is 12.3. The first-order valence-electron chi connectivity index (χ1n) is 9.20. The van der Waals surface area contributed by atoms with Crippen LogP contribution in [0.2, 0.25) is 0 Å². The molecule has 2 N–H and O–H groups in total. The van der Waals surface area contributed by atoms with Crippen LogP contribution in [0.25, 0.3) is 11.0 Å². The average molecular weight is 401 g/mol. The number of carbonyl (C=O) groups is 1. The van der Waals surface area contributed by atoms with Gasteiger partial charge in [0.1, 0.15) is 12.4 Å². The van der Waals surface area contributed by atoms with Gasteiger partial charge >= 0.3 is 0 Å². The van der Waals surface area contributed by atoms with Crippen LogP contribution in [-0.4, -0.2) is 36.2 Å². The van der Waals surface area contributed by atoms with Gasteiger partial charge in [-0.2, -0.15) is 0 Å². The summed E-state index contributed by atoms with van der Waals surface area (Å²) in [6.07, 6.45) is 0.708. The number of rotatable bonds is 9. The Morgan fingerprint density at radius 3 is 2.54 bits per heavy atom. The second-order valence-electron chi connectivity index (χ2n) is 6.43. The normalized spacial score (nSPS) is 11.6. The van der Waals surface area contributed by atoms with Crippen LogP contribution in [0.3, 0.4) is 0 Å². The number of benzene rings is 2. The van der Waals surface area contributed by atoms with Crippen LogP contribution in [0, 0.1) is 0 Å². The number of hydrogen-bond acceptors (Lipinski definition) is 4. The minimum Gasteiger partial charge on any atom is -0.353 e. The minimum absolute atomic E-state index is 0.0526. The summed E-state index contributed by atoms with van der Waals surface area (Å²) in [4.78, 5) is 16.8.